The molecule has 6 heteroatoms. The maximum absolute atomic E-state index is 12.8. The van der Waals surface area contributed by atoms with E-state index in [0.29, 0.717) is 19.3 Å². The van der Waals surface area contributed by atoms with E-state index in [1.165, 1.54) is 109 Å². The molecule has 0 aromatic heterocycles. The molecule has 0 fully saturated rings. The Hall–Kier alpha value is -3.41. The van der Waals surface area contributed by atoms with Gasteiger partial charge < -0.3 is 14.2 Å². The zero-order valence-electron chi connectivity index (χ0n) is 44.6. The third kappa shape index (κ3) is 53.5. The van der Waals surface area contributed by atoms with E-state index >= 15 is 0 Å². The van der Waals surface area contributed by atoms with Crippen LogP contribution in [0, 0.1) is 0 Å². The minimum absolute atomic E-state index is 0.0826. The quantitative estimate of drug-likeness (QED) is 0.0262. The van der Waals surface area contributed by atoms with Crippen molar-refractivity contribution in [3.63, 3.8) is 0 Å². The maximum atomic E-state index is 12.8. The van der Waals surface area contributed by atoms with Gasteiger partial charge in [-0.15, -0.1) is 0 Å². The van der Waals surface area contributed by atoms with Crippen molar-refractivity contribution < 1.29 is 28.6 Å². The number of carbonyl (C=O) groups excluding carboxylic acids is 3. The Bertz CT molecular complexity index is 1320. The minimum Gasteiger partial charge on any atom is -0.462 e. The van der Waals surface area contributed by atoms with Crippen LogP contribution >= 0.6 is 0 Å². The van der Waals surface area contributed by atoms with Gasteiger partial charge in [0.05, 0.1) is 0 Å². The van der Waals surface area contributed by atoms with Gasteiger partial charge in [-0.05, 0) is 96.3 Å². The first-order valence-corrected chi connectivity index (χ1v) is 28.6. The summed E-state index contributed by atoms with van der Waals surface area (Å²) in [6.07, 6.45) is 72.9. The van der Waals surface area contributed by atoms with Crippen molar-refractivity contribution in [2.75, 3.05) is 13.2 Å². The third-order valence-corrected chi connectivity index (χ3v) is 12.1. The Morgan fingerprint density at radius 2 is 0.574 bits per heavy atom. The fourth-order valence-corrected chi connectivity index (χ4v) is 7.85. The first-order chi connectivity index (χ1) is 33.5. The van der Waals surface area contributed by atoms with Crippen molar-refractivity contribution in [1.82, 2.24) is 0 Å². The van der Waals surface area contributed by atoms with Gasteiger partial charge in [0.1, 0.15) is 13.2 Å². The SMILES string of the molecule is CC/C=C\C/C=C\C/C=C\C/C=C\C/C=C\C/C=C\CCCCCCCCC(=O)OCC(COC(=O)CCCCCCCCCCCCC)OC(=O)CCCCCCC/C=C\CCCCCCC. The summed E-state index contributed by atoms with van der Waals surface area (Å²) in [5, 5.41) is 0. The zero-order valence-corrected chi connectivity index (χ0v) is 44.6. The van der Waals surface area contributed by atoms with E-state index < -0.39 is 6.10 Å². The number of allylic oxidation sites excluding steroid dienone is 14. The van der Waals surface area contributed by atoms with Crippen molar-refractivity contribution in [3.05, 3.63) is 85.1 Å². The second kappa shape index (κ2) is 56.2. The highest BCUT2D eigenvalue weighted by molar-refractivity contribution is 5.71. The van der Waals surface area contributed by atoms with Crippen LogP contribution in [0.15, 0.2) is 85.1 Å². The lowest BCUT2D eigenvalue weighted by Gasteiger charge is -2.18. The maximum Gasteiger partial charge on any atom is 0.306 e. The summed E-state index contributed by atoms with van der Waals surface area (Å²) in [5.41, 5.74) is 0. The molecule has 68 heavy (non-hydrogen) atoms. The molecule has 0 saturated carbocycles. The summed E-state index contributed by atoms with van der Waals surface area (Å²) >= 11 is 0. The summed E-state index contributed by atoms with van der Waals surface area (Å²) in [6.45, 7) is 6.50. The summed E-state index contributed by atoms with van der Waals surface area (Å²) in [5.74, 6) is -0.902. The molecule has 0 aliphatic heterocycles. The number of unbranched alkanes of at least 4 members (excludes halogenated alkanes) is 26. The number of hydrogen-bond acceptors (Lipinski definition) is 6. The molecule has 0 aromatic carbocycles. The predicted molar refractivity (Wildman–Crippen MR) is 293 cm³/mol. The van der Waals surface area contributed by atoms with Crippen molar-refractivity contribution in [2.45, 2.75) is 277 Å². The summed E-state index contributed by atoms with van der Waals surface area (Å²) < 4.78 is 16.8. The molecule has 0 N–H and O–H groups in total. The molecule has 0 radical (unpaired) electrons. The number of rotatable bonds is 51. The van der Waals surface area contributed by atoms with E-state index in [-0.39, 0.29) is 31.1 Å². The van der Waals surface area contributed by atoms with E-state index in [9.17, 15) is 14.4 Å². The molecule has 390 valence electrons. The largest absolute Gasteiger partial charge is 0.462 e. The van der Waals surface area contributed by atoms with Crippen molar-refractivity contribution in [2.24, 2.45) is 0 Å². The molecule has 6 nitrogen and oxygen atoms in total. The second-order valence-corrected chi connectivity index (χ2v) is 18.8. The minimum atomic E-state index is -0.785. The van der Waals surface area contributed by atoms with Gasteiger partial charge in [-0.3, -0.25) is 14.4 Å². The van der Waals surface area contributed by atoms with Gasteiger partial charge in [0.25, 0.3) is 0 Å². The van der Waals surface area contributed by atoms with Gasteiger partial charge in [0.2, 0.25) is 0 Å². The number of ether oxygens (including phenoxy) is 3. The van der Waals surface area contributed by atoms with E-state index in [4.69, 9.17) is 14.2 Å². The number of carbonyl (C=O) groups is 3. The van der Waals surface area contributed by atoms with Crippen LogP contribution in [0.25, 0.3) is 0 Å². The van der Waals surface area contributed by atoms with Crippen LogP contribution < -0.4 is 0 Å². The van der Waals surface area contributed by atoms with Crippen LogP contribution in [0.2, 0.25) is 0 Å². The fourth-order valence-electron chi connectivity index (χ4n) is 7.85. The Morgan fingerprint density at radius 1 is 0.309 bits per heavy atom. The van der Waals surface area contributed by atoms with E-state index in [2.05, 4.69) is 106 Å². The zero-order chi connectivity index (χ0) is 49.3. The number of esters is 3. The molecule has 1 unspecified atom stereocenters. The normalized spacial score (nSPS) is 12.7. The molecule has 0 amide bonds. The molecule has 0 bridgehead atoms. The molecule has 1 atom stereocenters. The predicted octanol–water partition coefficient (Wildman–Crippen LogP) is 19.2. The van der Waals surface area contributed by atoms with Crippen LogP contribution in [0.3, 0.4) is 0 Å². The Morgan fingerprint density at radius 3 is 0.912 bits per heavy atom. The lowest BCUT2D eigenvalue weighted by Crippen LogP contribution is -2.30. The Labute approximate surface area is 420 Å². The topological polar surface area (TPSA) is 78.9 Å². The Kier molecular flexibility index (Phi) is 53.4. The van der Waals surface area contributed by atoms with Gasteiger partial charge in [-0.1, -0.05) is 241 Å². The molecule has 0 aromatic rings. The average molecular weight is 948 g/mol. The average Bonchev–Trinajstić information content (AvgIpc) is 3.34. The van der Waals surface area contributed by atoms with Gasteiger partial charge in [0.15, 0.2) is 6.10 Å². The first-order valence-electron chi connectivity index (χ1n) is 28.6. The van der Waals surface area contributed by atoms with Crippen molar-refractivity contribution in [1.29, 1.82) is 0 Å². The standard InChI is InChI=1S/C62H106O6/c1-4-7-10-13-16-19-22-24-26-27-28-29-30-31-32-33-34-35-36-38-40-43-46-49-52-55-61(64)67-58-59(57-66-60(63)54-51-48-45-42-39-21-18-15-12-9-6-3)68-62(65)56-53-50-47-44-41-37-25-23-20-17-14-11-8-5-2/h7,10,16,19,23-26,28-29,31-32,34-35,59H,4-6,8-9,11-15,17-18,20-22,27,30,33,36-58H2,1-3H3/b10-7-,19-16-,25-23-,26-24-,29-28-,32-31-,35-34-. The molecular formula is C62H106O6. The van der Waals surface area contributed by atoms with Crippen LogP contribution in [-0.2, 0) is 28.6 Å². The molecule has 0 aliphatic carbocycles. The molecule has 0 spiro atoms. The highest BCUT2D eigenvalue weighted by Gasteiger charge is 2.19. The van der Waals surface area contributed by atoms with E-state index in [1.807, 2.05) is 0 Å². The lowest BCUT2D eigenvalue weighted by atomic mass is 10.1. The highest BCUT2D eigenvalue weighted by atomic mass is 16.6. The summed E-state index contributed by atoms with van der Waals surface area (Å²) in [7, 11) is 0. The van der Waals surface area contributed by atoms with Crippen LogP contribution in [0.1, 0.15) is 271 Å². The highest BCUT2D eigenvalue weighted by Crippen LogP contribution is 2.15. The first kappa shape index (κ1) is 64.6. The Balaban J connectivity index is 4.33. The van der Waals surface area contributed by atoms with Crippen molar-refractivity contribution in [3.8, 4) is 0 Å². The van der Waals surface area contributed by atoms with Crippen LogP contribution in [-0.4, -0.2) is 37.2 Å². The monoisotopic (exact) mass is 947 g/mol. The number of hydrogen-bond donors (Lipinski definition) is 0. The summed E-state index contributed by atoms with van der Waals surface area (Å²) in [6, 6.07) is 0. The van der Waals surface area contributed by atoms with Crippen molar-refractivity contribution >= 4 is 17.9 Å². The third-order valence-electron chi connectivity index (χ3n) is 12.1. The lowest BCUT2D eigenvalue weighted by molar-refractivity contribution is -0.167. The smallest absolute Gasteiger partial charge is 0.306 e. The fraction of sp³-hybridized carbons (Fsp3) is 0.726. The molecule has 0 heterocycles. The summed E-state index contributed by atoms with van der Waals surface area (Å²) in [4.78, 5) is 38.1. The molecule has 0 rings (SSSR count). The second-order valence-electron chi connectivity index (χ2n) is 18.8. The van der Waals surface area contributed by atoms with E-state index in [1.54, 1.807) is 0 Å². The van der Waals surface area contributed by atoms with Gasteiger partial charge in [-0.2, -0.15) is 0 Å². The molecule has 0 saturated heterocycles. The van der Waals surface area contributed by atoms with Crippen LogP contribution in [0.5, 0.6) is 0 Å². The molecule has 0 aliphatic rings. The molecular weight excluding hydrogens is 841 g/mol. The van der Waals surface area contributed by atoms with E-state index in [0.717, 1.165) is 122 Å². The van der Waals surface area contributed by atoms with Crippen LogP contribution in [0.4, 0.5) is 0 Å². The van der Waals surface area contributed by atoms with Gasteiger partial charge >= 0.3 is 17.9 Å². The van der Waals surface area contributed by atoms with Gasteiger partial charge in [-0.25, -0.2) is 0 Å². The van der Waals surface area contributed by atoms with Gasteiger partial charge in [0, 0.05) is 19.3 Å².